The lowest BCUT2D eigenvalue weighted by Crippen LogP contribution is -2.32. The van der Waals surface area contributed by atoms with Crippen molar-refractivity contribution in [1.82, 2.24) is 10.7 Å². The average Bonchev–Trinajstić information content (AvgIpc) is 2.76. The zero-order valence-electron chi connectivity index (χ0n) is 15.6. The molecule has 3 aromatic carbocycles. The van der Waals surface area contributed by atoms with E-state index in [9.17, 15) is 14.0 Å². The topological polar surface area (TPSA) is 70.6 Å². The Labute approximate surface area is 168 Å². The molecule has 0 unspecified atom stereocenters. The van der Waals surface area contributed by atoms with Crippen LogP contribution < -0.4 is 10.7 Å². The fourth-order valence-corrected chi connectivity index (χ4v) is 2.73. The summed E-state index contributed by atoms with van der Waals surface area (Å²) in [7, 11) is 0. The van der Waals surface area contributed by atoms with Crippen molar-refractivity contribution < 1.29 is 14.0 Å². The van der Waals surface area contributed by atoms with Gasteiger partial charge in [-0.25, -0.2) is 9.82 Å². The summed E-state index contributed by atoms with van der Waals surface area (Å²) in [6.07, 6.45) is 1.45. The Hall–Kier alpha value is -3.80. The van der Waals surface area contributed by atoms with E-state index in [-0.39, 0.29) is 24.1 Å². The molecule has 0 aliphatic carbocycles. The number of benzene rings is 3. The van der Waals surface area contributed by atoms with Gasteiger partial charge in [-0.15, -0.1) is 0 Å². The molecule has 0 spiro atoms. The molecule has 0 aromatic heterocycles. The van der Waals surface area contributed by atoms with E-state index in [1.165, 1.54) is 18.3 Å². The third-order valence-electron chi connectivity index (χ3n) is 4.21. The van der Waals surface area contributed by atoms with Crippen molar-refractivity contribution in [3.8, 4) is 0 Å². The molecular formula is C23H20FN3O2. The number of amides is 2. The van der Waals surface area contributed by atoms with E-state index in [1.807, 2.05) is 36.4 Å². The van der Waals surface area contributed by atoms with Crippen LogP contribution in [0.15, 0.2) is 90.0 Å². The molecule has 0 fully saturated rings. The summed E-state index contributed by atoms with van der Waals surface area (Å²) in [5, 5.41) is 6.80. The minimum atomic E-state index is -0.509. The predicted octanol–water partition coefficient (Wildman–Crippen LogP) is 3.84. The van der Waals surface area contributed by atoms with Crippen LogP contribution in [0.25, 0.3) is 0 Å². The van der Waals surface area contributed by atoms with Gasteiger partial charge in [-0.3, -0.25) is 9.59 Å². The number of hydrogen-bond acceptors (Lipinski definition) is 3. The van der Waals surface area contributed by atoms with Gasteiger partial charge in [0.05, 0.1) is 18.7 Å². The first-order chi connectivity index (χ1) is 14.1. The molecule has 0 heterocycles. The van der Waals surface area contributed by atoms with Crippen LogP contribution in [0.4, 0.5) is 4.39 Å². The summed E-state index contributed by atoms with van der Waals surface area (Å²) >= 11 is 0. The van der Waals surface area contributed by atoms with Crippen molar-refractivity contribution in [2.75, 3.05) is 0 Å². The van der Waals surface area contributed by atoms with Crippen LogP contribution in [0.2, 0.25) is 0 Å². The number of nitrogens with zero attached hydrogens (tertiary/aromatic N) is 1. The molecular weight excluding hydrogens is 369 g/mol. The second kappa shape index (κ2) is 9.94. The van der Waals surface area contributed by atoms with Gasteiger partial charge in [0.25, 0.3) is 5.91 Å². The number of carbonyl (C=O) groups is 2. The lowest BCUT2D eigenvalue weighted by molar-refractivity contribution is -0.121. The van der Waals surface area contributed by atoms with Crippen LogP contribution in [0.1, 0.15) is 33.9 Å². The van der Waals surface area contributed by atoms with Crippen molar-refractivity contribution in [1.29, 1.82) is 0 Å². The third kappa shape index (κ3) is 6.10. The number of carbonyl (C=O) groups excluding carboxylic acids is 2. The van der Waals surface area contributed by atoms with Gasteiger partial charge >= 0.3 is 0 Å². The maximum Gasteiger partial charge on any atom is 0.251 e. The van der Waals surface area contributed by atoms with Crippen molar-refractivity contribution in [3.05, 3.63) is 107 Å². The second-order valence-corrected chi connectivity index (χ2v) is 6.35. The van der Waals surface area contributed by atoms with Crippen molar-refractivity contribution in [3.63, 3.8) is 0 Å². The Morgan fingerprint density at radius 1 is 0.897 bits per heavy atom. The smallest absolute Gasteiger partial charge is 0.251 e. The van der Waals surface area contributed by atoms with Gasteiger partial charge in [-0.1, -0.05) is 60.7 Å². The molecule has 0 radical (unpaired) electrons. The van der Waals surface area contributed by atoms with Crippen LogP contribution in [0, 0.1) is 5.82 Å². The number of halogens is 1. The van der Waals surface area contributed by atoms with E-state index in [4.69, 9.17) is 0 Å². The maximum absolute atomic E-state index is 12.9. The quantitative estimate of drug-likeness (QED) is 0.476. The summed E-state index contributed by atoms with van der Waals surface area (Å²) in [6, 6.07) is 23.3. The number of rotatable bonds is 7. The summed E-state index contributed by atoms with van der Waals surface area (Å²) in [5.74, 6) is -0.960. The van der Waals surface area contributed by atoms with E-state index in [2.05, 4.69) is 15.8 Å². The van der Waals surface area contributed by atoms with Crippen molar-refractivity contribution in [2.24, 2.45) is 5.10 Å². The highest BCUT2D eigenvalue weighted by Gasteiger charge is 2.19. The van der Waals surface area contributed by atoms with Crippen LogP contribution in [-0.4, -0.2) is 18.0 Å². The Morgan fingerprint density at radius 2 is 1.52 bits per heavy atom. The van der Waals surface area contributed by atoms with Gasteiger partial charge in [0, 0.05) is 5.56 Å². The summed E-state index contributed by atoms with van der Waals surface area (Å²) < 4.78 is 12.9. The number of hydrazone groups is 1. The van der Waals surface area contributed by atoms with Crippen LogP contribution in [0.3, 0.4) is 0 Å². The van der Waals surface area contributed by atoms with Gasteiger partial charge in [-0.05, 0) is 35.4 Å². The van der Waals surface area contributed by atoms with Gasteiger partial charge in [-0.2, -0.15) is 5.10 Å². The molecule has 0 aliphatic rings. The molecule has 6 heteroatoms. The first-order valence-electron chi connectivity index (χ1n) is 9.10. The molecule has 0 saturated carbocycles. The molecule has 2 amide bonds. The summed E-state index contributed by atoms with van der Waals surface area (Å²) in [4.78, 5) is 24.9. The highest BCUT2D eigenvalue weighted by atomic mass is 19.1. The van der Waals surface area contributed by atoms with E-state index < -0.39 is 6.04 Å². The monoisotopic (exact) mass is 389 g/mol. The summed E-state index contributed by atoms with van der Waals surface area (Å²) in [6.45, 7) is 0. The first-order valence-corrected chi connectivity index (χ1v) is 9.10. The van der Waals surface area contributed by atoms with Gasteiger partial charge < -0.3 is 5.32 Å². The SMILES string of the molecule is O=C(C[C@@H](NC(=O)c1ccccc1)c1ccccc1)N/N=C\c1ccc(F)cc1. The van der Waals surface area contributed by atoms with Crippen LogP contribution in [-0.2, 0) is 4.79 Å². The third-order valence-corrected chi connectivity index (χ3v) is 4.21. The Morgan fingerprint density at radius 3 is 2.17 bits per heavy atom. The first kappa shape index (κ1) is 19.9. The second-order valence-electron chi connectivity index (χ2n) is 6.35. The molecule has 3 rings (SSSR count). The van der Waals surface area contributed by atoms with Crippen molar-refractivity contribution >= 4 is 18.0 Å². The zero-order valence-corrected chi connectivity index (χ0v) is 15.6. The molecule has 2 N–H and O–H groups in total. The lowest BCUT2D eigenvalue weighted by atomic mass is 10.0. The van der Waals surface area contributed by atoms with E-state index >= 15 is 0 Å². The molecule has 0 saturated heterocycles. The lowest BCUT2D eigenvalue weighted by Gasteiger charge is -2.18. The summed E-state index contributed by atoms with van der Waals surface area (Å²) in [5.41, 5.74) is 4.43. The highest BCUT2D eigenvalue weighted by Crippen LogP contribution is 2.17. The predicted molar refractivity (Wildman–Crippen MR) is 110 cm³/mol. The Balaban J connectivity index is 1.65. The molecule has 5 nitrogen and oxygen atoms in total. The van der Waals surface area contributed by atoms with E-state index in [0.717, 1.165) is 5.56 Å². The normalized spacial score (nSPS) is 11.8. The minimum Gasteiger partial charge on any atom is -0.345 e. The molecule has 3 aromatic rings. The maximum atomic E-state index is 12.9. The van der Waals surface area contributed by atoms with Gasteiger partial charge in [0.1, 0.15) is 5.82 Å². The molecule has 1 atom stereocenters. The fourth-order valence-electron chi connectivity index (χ4n) is 2.73. The molecule has 0 aliphatic heterocycles. The van der Waals surface area contributed by atoms with Gasteiger partial charge in [0.2, 0.25) is 5.91 Å². The molecule has 29 heavy (non-hydrogen) atoms. The Kier molecular flexibility index (Phi) is 6.84. The van der Waals surface area contributed by atoms with Crippen LogP contribution >= 0.6 is 0 Å². The van der Waals surface area contributed by atoms with Crippen molar-refractivity contribution in [2.45, 2.75) is 12.5 Å². The molecule has 0 bridgehead atoms. The zero-order chi connectivity index (χ0) is 20.5. The van der Waals surface area contributed by atoms with Gasteiger partial charge in [0.15, 0.2) is 0 Å². The highest BCUT2D eigenvalue weighted by molar-refractivity contribution is 5.94. The minimum absolute atomic E-state index is 0.0172. The Bertz CT molecular complexity index is 974. The largest absolute Gasteiger partial charge is 0.345 e. The van der Waals surface area contributed by atoms with Crippen LogP contribution in [0.5, 0.6) is 0 Å². The number of hydrogen-bond donors (Lipinski definition) is 2. The fraction of sp³-hybridized carbons (Fsp3) is 0.0870. The van der Waals surface area contributed by atoms with E-state index in [1.54, 1.807) is 36.4 Å². The molecule has 146 valence electrons. The average molecular weight is 389 g/mol. The standard InChI is InChI=1S/C23H20FN3O2/c24-20-13-11-17(12-14-20)16-25-27-22(28)15-21(18-7-3-1-4-8-18)26-23(29)19-9-5-2-6-10-19/h1-14,16,21H,15H2,(H,26,29)(H,27,28)/b25-16-/t21-/m1/s1. The van der Waals surface area contributed by atoms with E-state index in [0.29, 0.717) is 11.1 Å². The number of nitrogens with one attached hydrogen (secondary N) is 2.